The highest BCUT2D eigenvalue weighted by molar-refractivity contribution is 5.99. The topological polar surface area (TPSA) is 95.3 Å². The Morgan fingerprint density at radius 3 is 2.89 bits per heavy atom. The van der Waals surface area contributed by atoms with Gasteiger partial charge in [-0.25, -0.2) is 0 Å². The molecule has 0 aliphatic carbocycles. The molecule has 1 atom stereocenters. The molecule has 8 nitrogen and oxygen atoms in total. The zero-order chi connectivity index (χ0) is 19.0. The Kier molecular flexibility index (Phi) is 4.39. The number of hydrogen-bond acceptors (Lipinski definition) is 5. The molecule has 2 aromatic heterocycles. The number of carbonyl (C=O) groups excluding carboxylic acids is 2. The van der Waals surface area contributed by atoms with Crippen molar-refractivity contribution >= 4 is 22.7 Å². The van der Waals surface area contributed by atoms with Gasteiger partial charge in [0, 0.05) is 42.2 Å². The fourth-order valence-corrected chi connectivity index (χ4v) is 3.58. The fourth-order valence-electron chi connectivity index (χ4n) is 3.58. The van der Waals surface area contributed by atoms with E-state index in [1.807, 2.05) is 30.9 Å². The molecule has 0 radical (unpaired) electrons. The van der Waals surface area contributed by atoms with E-state index in [9.17, 15) is 9.59 Å². The molecule has 1 aliphatic heterocycles. The minimum atomic E-state index is -0.0606. The molecule has 1 N–H and O–H groups in total. The minimum Gasteiger partial charge on any atom is -0.364 e. The molecule has 0 saturated carbocycles. The van der Waals surface area contributed by atoms with Gasteiger partial charge in [0.25, 0.3) is 5.91 Å². The smallest absolute Gasteiger partial charge is 0.254 e. The Morgan fingerprint density at radius 1 is 1.30 bits per heavy atom. The largest absolute Gasteiger partial charge is 0.364 e. The summed E-state index contributed by atoms with van der Waals surface area (Å²) in [7, 11) is 0. The minimum absolute atomic E-state index is 0.0115. The number of benzene rings is 1. The van der Waals surface area contributed by atoms with Crippen molar-refractivity contribution in [3.8, 4) is 0 Å². The predicted molar refractivity (Wildman–Crippen MR) is 98.1 cm³/mol. The number of hydrogen-bond donors (Lipinski definition) is 1. The Labute approximate surface area is 156 Å². The molecule has 1 aliphatic rings. The van der Waals surface area contributed by atoms with E-state index >= 15 is 0 Å². The van der Waals surface area contributed by atoms with Crippen LogP contribution in [-0.4, -0.2) is 62.6 Å². The van der Waals surface area contributed by atoms with Crippen LogP contribution in [0.5, 0.6) is 0 Å². The molecule has 0 unspecified atom stereocenters. The van der Waals surface area contributed by atoms with Crippen molar-refractivity contribution in [1.82, 2.24) is 25.2 Å². The van der Waals surface area contributed by atoms with Crippen LogP contribution < -0.4 is 0 Å². The first-order valence-electron chi connectivity index (χ1n) is 8.93. The Bertz CT molecular complexity index is 979. The summed E-state index contributed by atoms with van der Waals surface area (Å²) in [5.41, 5.74) is 3.20. The van der Waals surface area contributed by atoms with Crippen LogP contribution >= 0.6 is 0 Å². The SMILES string of the molecule is Cc1cc2cn[nH]c2cc1C(=O)N1CCN(C(=O)Cc2cnoc2)C[C@@H]1C. The van der Waals surface area contributed by atoms with Gasteiger partial charge in [-0.05, 0) is 31.5 Å². The van der Waals surface area contributed by atoms with Crippen LogP contribution in [0.4, 0.5) is 0 Å². The summed E-state index contributed by atoms with van der Waals surface area (Å²) >= 11 is 0. The van der Waals surface area contributed by atoms with Crippen molar-refractivity contribution in [1.29, 1.82) is 0 Å². The van der Waals surface area contributed by atoms with Gasteiger partial charge in [-0.2, -0.15) is 5.10 Å². The van der Waals surface area contributed by atoms with Gasteiger partial charge < -0.3 is 14.3 Å². The lowest BCUT2D eigenvalue weighted by atomic mass is 10.0. The van der Waals surface area contributed by atoms with Crippen LogP contribution in [0.25, 0.3) is 10.9 Å². The molecule has 0 spiro atoms. The monoisotopic (exact) mass is 367 g/mol. The highest BCUT2D eigenvalue weighted by Gasteiger charge is 2.31. The van der Waals surface area contributed by atoms with Crippen LogP contribution in [0.2, 0.25) is 0 Å². The number of carbonyl (C=O) groups is 2. The van der Waals surface area contributed by atoms with Crippen molar-refractivity contribution in [3.05, 3.63) is 47.5 Å². The Hall–Kier alpha value is -3.16. The van der Waals surface area contributed by atoms with Gasteiger partial charge in [0.15, 0.2) is 0 Å². The molecule has 1 aromatic carbocycles. The molecule has 27 heavy (non-hydrogen) atoms. The number of aryl methyl sites for hydroxylation is 1. The van der Waals surface area contributed by atoms with Crippen LogP contribution in [0.1, 0.15) is 28.4 Å². The summed E-state index contributed by atoms with van der Waals surface area (Å²) in [5.74, 6) is 0.00911. The maximum absolute atomic E-state index is 13.1. The summed E-state index contributed by atoms with van der Waals surface area (Å²) in [5, 5.41) is 11.5. The number of nitrogens with zero attached hydrogens (tertiary/aromatic N) is 4. The van der Waals surface area contributed by atoms with Crippen molar-refractivity contribution in [2.75, 3.05) is 19.6 Å². The fraction of sp³-hybridized carbons (Fsp3) is 0.368. The first kappa shape index (κ1) is 17.3. The van der Waals surface area contributed by atoms with E-state index in [4.69, 9.17) is 4.52 Å². The Morgan fingerprint density at radius 2 is 2.15 bits per heavy atom. The van der Waals surface area contributed by atoms with Gasteiger partial charge in [-0.3, -0.25) is 14.7 Å². The lowest BCUT2D eigenvalue weighted by Crippen LogP contribution is -2.55. The van der Waals surface area contributed by atoms with Crippen molar-refractivity contribution in [2.45, 2.75) is 26.3 Å². The molecule has 1 saturated heterocycles. The number of aromatic amines is 1. The lowest BCUT2D eigenvalue weighted by molar-refractivity contribution is -0.132. The summed E-state index contributed by atoms with van der Waals surface area (Å²) in [6.07, 6.45) is 5.05. The Balaban J connectivity index is 1.46. The van der Waals surface area contributed by atoms with Gasteiger partial charge >= 0.3 is 0 Å². The molecule has 3 aromatic rings. The van der Waals surface area contributed by atoms with E-state index in [0.717, 1.165) is 22.0 Å². The van der Waals surface area contributed by atoms with Crippen molar-refractivity contribution in [3.63, 3.8) is 0 Å². The average Bonchev–Trinajstić information content (AvgIpc) is 3.31. The summed E-state index contributed by atoms with van der Waals surface area (Å²) in [4.78, 5) is 29.2. The molecule has 1 fully saturated rings. The highest BCUT2D eigenvalue weighted by Crippen LogP contribution is 2.21. The second kappa shape index (κ2) is 6.86. The van der Waals surface area contributed by atoms with Crippen molar-refractivity contribution in [2.24, 2.45) is 0 Å². The quantitative estimate of drug-likeness (QED) is 0.761. The van der Waals surface area contributed by atoms with Gasteiger partial charge in [0.1, 0.15) is 6.26 Å². The molecule has 8 heteroatoms. The third-order valence-corrected chi connectivity index (χ3v) is 5.10. The standard InChI is InChI=1S/C19H21N5O3/c1-12-5-15-9-20-22-17(15)7-16(12)19(26)24-4-3-23(10-13(24)2)18(25)6-14-8-21-27-11-14/h5,7-9,11,13H,3-4,6,10H2,1-2H3,(H,20,22)/t13-/m0/s1. The zero-order valence-electron chi connectivity index (χ0n) is 15.3. The summed E-state index contributed by atoms with van der Waals surface area (Å²) < 4.78 is 4.78. The van der Waals surface area contributed by atoms with Gasteiger partial charge in [-0.1, -0.05) is 5.16 Å². The number of H-pyrrole nitrogens is 1. The van der Waals surface area contributed by atoms with Crippen molar-refractivity contribution < 1.29 is 14.1 Å². The van der Waals surface area contributed by atoms with E-state index in [-0.39, 0.29) is 24.3 Å². The number of aromatic nitrogens is 3. The first-order valence-corrected chi connectivity index (χ1v) is 8.93. The van der Waals surface area contributed by atoms with E-state index in [2.05, 4.69) is 15.4 Å². The highest BCUT2D eigenvalue weighted by atomic mass is 16.5. The zero-order valence-corrected chi connectivity index (χ0v) is 15.3. The third-order valence-electron chi connectivity index (χ3n) is 5.10. The van der Waals surface area contributed by atoms with Gasteiger partial charge in [0.2, 0.25) is 5.91 Å². The van der Waals surface area contributed by atoms with Gasteiger partial charge in [-0.15, -0.1) is 0 Å². The van der Waals surface area contributed by atoms with E-state index in [0.29, 0.717) is 25.2 Å². The van der Waals surface area contributed by atoms with Gasteiger partial charge in [0.05, 0.1) is 24.3 Å². The average molecular weight is 367 g/mol. The van der Waals surface area contributed by atoms with E-state index < -0.39 is 0 Å². The maximum atomic E-state index is 13.1. The van der Waals surface area contributed by atoms with E-state index in [1.54, 1.807) is 17.3 Å². The number of nitrogens with one attached hydrogen (secondary N) is 1. The van der Waals surface area contributed by atoms with Crippen LogP contribution in [0.15, 0.2) is 35.3 Å². The molecular formula is C19H21N5O3. The van der Waals surface area contributed by atoms with Crippen LogP contribution in [0.3, 0.4) is 0 Å². The molecule has 140 valence electrons. The van der Waals surface area contributed by atoms with Crippen LogP contribution in [-0.2, 0) is 11.2 Å². The third kappa shape index (κ3) is 3.30. The maximum Gasteiger partial charge on any atom is 0.254 e. The lowest BCUT2D eigenvalue weighted by Gasteiger charge is -2.40. The van der Waals surface area contributed by atoms with E-state index in [1.165, 1.54) is 6.26 Å². The number of piperazine rings is 1. The molecular weight excluding hydrogens is 346 g/mol. The molecule has 2 amide bonds. The number of fused-ring (bicyclic) bond motifs is 1. The molecule has 3 heterocycles. The number of amides is 2. The summed E-state index contributed by atoms with van der Waals surface area (Å²) in [6.45, 7) is 5.45. The molecule has 4 rings (SSSR count). The second-order valence-corrected chi connectivity index (χ2v) is 7.02. The first-order chi connectivity index (χ1) is 13.0. The normalized spacial score (nSPS) is 17.5. The molecule has 0 bridgehead atoms. The second-order valence-electron chi connectivity index (χ2n) is 7.02. The number of rotatable bonds is 3. The summed E-state index contributed by atoms with van der Waals surface area (Å²) in [6, 6.07) is 3.76. The predicted octanol–water partition coefficient (Wildman–Crippen LogP) is 1.77. The van der Waals surface area contributed by atoms with Crippen LogP contribution in [0, 0.1) is 6.92 Å².